The highest BCUT2D eigenvalue weighted by molar-refractivity contribution is 9.10. The van der Waals surface area contributed by atoms with Gasteiger partial charge in [-0.1, -0.05) is 24.3 Å². The Balaban J connectivity index is 1.30. The molecular formula is C26H25BrF2N6O. The highest BCUT2D eigenvalue weighted by Crippen LogP contribution is 2.28. The maximum Gasteiger partial charge on any atom is 0.321 e. The van der Waals surface area contributed by atoms with E-state index < -0.39 is 11.6 Å². The highest BCUT2D eigenvalue weighted by Gasteiger charge is 2.24. The molecule has 0 aliphatic carbocycles. The summed E-state index contributed by atoms with van der Waals surface area (Å²) in [5, 5.41) is 10.6. The first-order chi connectivity index (χ1) is 17.4. The van der Waals surface area contributed by atoms with Crippen LogP contribution in [0.2, 0.25) is 0 Å². The molecule has 186 valence electrons. The van der Waals surface area contributed by atoms with E-state index in [4.69, 9.17) is 4.98 Å². The molecule has 0 spiro atoms. The van der Waals surface area contributed by atoms with Crippen molar-refractivity contribution in [2.24, 2.45) is 5.92 Å². The van der Waals surface area contributed by atoms with Gasteiger partial charge in [-0.05, 0) is 59.3 Å². The summed E-state index contributed by atoms with van der Waals surface area (Å²) in [5.41, 5.74) is 3.83. The number of carbonyl (C=O) groups excluding carboxylic acids is 1. The smallest absolute Gasteiger partial charge is 0.321 e. The summed E-state index contributed by atoms with van der Waals surface area (Å²) in [5.74, 6) is -0.464. The van der Waals surface area contributed by atoms with Crippen molar-refractivity contribution in [3.63, 3.8) is 0 Å². The Bertz CT molecular complexity index is 1400. The van der Waals surface area contributed by atoms with E-state index in [1.165, 1.54) is 0 Å². The van der Waals surface area contributed by atoms with Crippen molar-refractivity contribution in [2.75, 3.05) is 30.3 Å². The number of fused-ring (bicyclic) bond motifs is 1. The van der Waals surface area contributed by atoms with E-state index in [9.17, 15) is 13.6 Å². The van der Waals surface area contributed by atoms with Gasteiger partial charge in [0.15, 0.2) is 5.65 Å². The van der Waals surface area contributed by atoms with E-state index >= 15 is 0 Å². The number of aromatic nitrogens is 3. The van der Waals surface area contributed by atoms with Crippen LogP contribution in [0, 0.1) is 24.5 Å². The van der Waals surface area contributed by atoms with Crippen molar-refractivity contribution in [2.45, 2.75) is 19.8 Å². The lowest BCUT2D eigenvalue weighted by Gasteiger charge is -2.33. The maximum absolute atomic E-state index is 13.5. The number of rotatable bonds is 5. The Hall–Kier alpha value is -3.53. The summed E-state index contributed by atoms with van der Waals surface area (Å²) >= 11 is 3.54. The van der Waals surface area contributed by atoms with Crippen molar-refractivity contribution in [1.82, 2.24) is 19.5 Å². The van der Waals surface area contributed by atoms with Crippen LogP contribution < -0.4 is 10.6 Å². The molecule has 1 aliphatic heterocycles. The number of benzene rings is 2. The number of nitrogens with zero attached hydrogens (tertiary/aromatic N) is 4. The van der Waals surface area contributed by atoms with E-state index in [2.05, 4.69) is 44.7 Å². The second kappa shape index (κ2) is 10.2. The molecule has 10 heteroatoms. The van der Waals surface area contributed by atoms with Gasteiger partial charge < -0.3 is 15.5 Å². The molecule has 3 heterocycles. The van der Waals surface area contributed by atoms with E-state index in [-0.39, 0.29) is 17.6 Å². The predicted molar refractivity (Wildman–Crippen MR) is 139 cm³/mol. The van der Waals surface area contributed by atoms with Crippen LogP contribution in [0.5, 0.6) is 0 Å². The van der Waals surface area contributed by atoms with Crippen LogP contribution in [0.1, 0.15) is 18.4 Å². The molecule has 2 N–H and O–H groups in total. The molecular weight excluding hydrogens is 530 g/mol. The Morgan fingerprint density at radius 3 is 2.72 bits per heavy atom. The van der Waals surface area contributed by atoms with Crippen LogP contribution in [0.4, 0.5) is 25.1 Å². The quantitative estimate of drug-likeness (QED) is 0.312. The molecule has 0 bridgehead atoms. The number of hydrogen-bond acceptors (Lipinski definition) is 4. The monoisotopic (exact) mass is 554 g/mol. The first-order valence-electron chi connectivity index (χ1n) is 11.7. The van der Waals surface area contributed by atoms with Gasteiger partial charge in [-0.25, -0.2) is 18.6 Å². The first kappa shape index (κ1) is 24.2. The standard InChI is InChI=1S/C26H25BrF2N6O/c1-16-5-2-3-7-21(16)23-12-24(35-25(33-23)22(27)14-31-35)30-13-17-6-4-8-34(15-17)26(36)32-20-10-18(28)9-19(29)11-20/h2-3,5,7,9-12,14,17,30H,4,6,8,13,15H2,1H3,(H,32,36). The van der Waals surface area contributed by atoms with Gasteiger partial charge in [0.05, 0.1) is 16.4 Å². The number of urea groups is 1. The van der Waals surface area contributed by atoms with E-state index in [0.29, 0.717) is 25.3 Å². The number of aryl methyl sites for hydroxylation is 1. The summed E-state index contributed by atoms with van der Waals surface area (Å²) in [6.07, 6.45) is 3.51. The Labute approximate surface area is 215 Å². The third-order valence-electron chi connectivity index (χ3n) is 6.34. The summed E-state index contributed by atoms with van der Waals surface area (Å²) in [7, 11) is 0. The van der Waals surface area contributed by atoms with Gasteiger partial charge in [0.1, 0.15) is 17.5 Å². The van der Waals surface area contributed by atoms with E-state index in [0.717, 1.165) is 58.2 Å². The Morgan fingerprint density at radius 2 is 1.94 bits per heavy atom. The molecule has 1 saturated heterocycles. The van der Waals surface area contributed by atoms with E-state index in [1.54, 1.807) is 15.6 Å². The lowest BCUT2D eigenvalue weighted by atomic mass is 9.98. The number of halogens is 3. The van der Waals surface area contributed by atoms with Gasteiger partial charge in [0.25, 0.3) is 0 Å². The maximum atomic E-state index is 13.5. The van der Waals surface area contributed by atoms with Crippen molar-refractivity contribution < 1.29 is 13.6 Å². The number of likely N-dealkylation sites (tertiary alicyclic amines) is 1. The Kier molecular flexibility index (Phi) is 6.86. The zero-order chi connectivity index (χ0) is 25.2. The average Bonchev–Trinajstić information content (AvgIpc) is 3.23. The summed E-state index contributed by atoms with van der Waals surface area (Å²) in [6.45, 7) is 3.79. The van der Waals surface area contributed by atoms with Crippen molar-refractivity contribution in [1.29, 1.82) is 0 Å². The fraction of sp³-hybridized carbons (Fsp3) is 0.269. The molecule has 7 nitrogen and oxygen atoms in total. The average molecular weight is 555 g/mol. The largest absolute Gasteiger partial charge is 0.370 e. The van der Waals surface area contributed by atoms with Crippen LogP contribution in [0.15, 0.2) is 59.2 Å². The predicted octanol–water partition coefficient (Wildman–Crippen LogP) is 6.10. The minimum absolute atomic E-state index is 0.102. The highest BCUT2D eigenvalue weighted by atomic mass is 79.9. The van der Waals surface area contributed by atoms with Crippen LogP contribution >= 0.6 is 15.9 Å². The number of amides is 2. The third-order valence-corrected chi connectivity index (χ3v) is 6.90. The molecule has 36 heavy (non-hydrogen) atoms. The van der Waals surface area contributed by atoms with Crippen molar-refractivity contribution in [3.8, 4) is 11.3 Å². The molecule has 0 radical (unpaired) electrons. The number of anilines is 2. The zero-order valence-corrected chi connectivity index (χ0v) is 21.2. The van der Waals surface area contributed by atoms with Gasteiger partial charge in [0.2, 0.25) is 0 Å². The lowest BCUT2D eigenvalue weighted by Crippen LogP contribution is -2.44. The molecule has 1 aliphatic rings. The second-order valence-electron chi connectivity index (χ2n) is 8.99. The van der Waals surface area contributed by atoms with Crippen molar-refractivity contribution in [3.05, 3.63) is 76.4 Å². The summed E-state index contributed by atoms with van der Waals surface area (Å²) < 4.78 is 29.5. The van der Waals surface area contributed by atoms with Crippen LogP contribution in [-0.2, 0) is 0 Å². The molecule has 4 aromatic rings. The SMILES string of the molecule is Cc1ccccc1-c1cc(NCC2CCCN(C(=O)Nc3cc(F)cc(F)c3)C2)n2ncc(Br)c2n1. The molecule has 1 atom stereocenters. The number of hydrogen-bond donors (Lipinski definition) is 2. The minimum Gasteiger partial charge on any atom is -0.370 e. The normalized spacial score (nSPS) is 15.8. The van der Waals surface area contributed by atoms with Crippen LogP contribution in [0.25, 0.3) is 16.9 Å². The van der Waals surface area contributed by atoms with Gasteiger partial charge in [-0.15, -0.1) is 0 Å². The molecule has 0 saturated carbocycles. The molecule has 1 unspecified atom stereocenters. The molecule has 2 aromatic carbocycles. The number of carbonyl (C=O) groups is 1. The van der Waals surface area contributed by atoms with Crippen molar-refractivity contribution >= 4 is 39.1 Å². The van der Waals surface area contributed by atoms with Gasteiger partial charge in [-0.3, -0.25) is 0 Å². The van der Waals surface area contributed by atoms with Crippen LogP contribution in [-0.4, -0.2) is 45.2 Å². The molecule has 2 aromatic heterocycles. The first-order valence-corrected chi connectivity index (χ1v) is 12.5. The third kappa shape index (κ3) is 5.18. The number of piperidine rings is 1. The van der Waals surface area contributed by atoms with Crippen LogP contribution in [0.3, 0.4) is 0 Å². The van der Waals surface area contributed by atoms with Gasteiger partial charge >= 0.3 is 6.03 Å². The lowest BCUT2D eigenvalue weighted by molar-refractivity contribution is 0.180. The molecule has 1 fully saturated rings. The van der Waals surface area contributed by atoms with Gasteiger partial charge in [0, 0.05) is 43.0 Å². The minimum atomic E-state index is -0.731. The molecule has 2 amide bonds. The number of nitrogens with one attached hydrogen (secondary N) is 2. The van der Waals surface area contributed by atoms with Gasteiger partial charge in [-0.2, -0.15) is 9.61 Å². The van der Waals surface area contributed by atoms with E-state index in [1.807, 2.05) is 24.3 Å². The fourth-order valence-electron chi connectivity index (χ4n) is 4.55. The zero-order valence-electron chi connectivity index (χ0n) is 19.6. The summed E-state index contributed by atoms with van der Waals surface area (Å²) in [6, 6.07) is 12.7. The fourth-order valence-corrected chi connectivity index (χ4v) is 4.90. The summed E-state index contributed by atoms with van der Waals surface area (Å²) in [4.78, 5) is 19.2. The second-order valence-corrected chi connectivity index (χ2v) is 9.85. The molecule has 5 rings (SSSR count). The Morgan fingerprint density at radius 1 is 1.17 bits per heavy atom. The topological polar surface area (TPSA) is 74.6 Å².